The molecule has 3 nitrogen and oxygen atoms in total. The molecule has 3 aromatic rings. The fourth-order valence-corrected chi connectivity index (χ4v) is 4.61. The zero-order valence-corrected chi connectivity index (χ0v) is 14.7. The highest BCUT2D eigenvalue weighted by Gasteiger charge is 2.16. The van der Waals surface area contributed by atoms with E-state index in [0.29, 0.717) is 10.8 Å². The summed E-state index contributed by atoms with van der Waals surface area (Å²) in [6.45, 7) is 2.19. The largest absolute Gasteiger partial charge is 0.317 e. The van der Waals surface area contributed by atoms with Gasteiger partial charge in [0.15, 0.2) is 0 Å². The molecule has 1 N–H and O–H groups in total. The predicted molar refractivity (Wildman–Crippen MR) is 104 cm³/mol. The molecule has 124 valence electrons. The lowest BCUT2D eigenvalue weighted by atomic mass is 10.0. The first-order valence-electron chi connectivity index (χ1n) is 8.59. The number of aromatic nitrogens is 1. The predicted octanol–water partition coefficient (Wildman–Crippen LogP) is 4.62. The lowest BCUT2D eigenvalue weighted by Gasteiger charge is -2.23. The van der Waals surface area contributed by atoms with Crippen molar-refractivity contribution in [3.05, 3.63) is 60.4 Å². The average molecular weight is 345 g/mol. The molecule has 1 aliphatic heterocycles. The van der Waals surface area contributed by atoms with Crippen molar-refractivity contribution in [3.8, 4) is 17.2 Å². The third-order valence-corrected chi connectivity index (χ3v) is 6.02. The fraction of sp³-hybridized carbons (Fsp3) is 0.238. The highest BCUT2D eigenvalue weighted by molar-refractivity contribution is 8.00. The lowest BCUT2D eigenvalue weighted by molar-refractivity contribution is 0.531. The summed E-state index contributed by atoms with van der Waals surface area (Å²) in [5.41, 5.74) is 2.94. The first-order valence-corrected chi connectivity index (χ1v) is 9.47. The maximum Gasteiger partial charge on any atom is 0.0991 e. The summed E-state index contributed by atoms with van der Waals surface area (Å²) in [5, 5.41) is 15.7. The van der Waals surface area contributed by atoms with Crippen LogP contribution in [0.25, 0.3) is 21.9 Å². The summed E-state index contributed by atoms with van der Waals surface area (Å²) in [4.78, 5) is 5.61. The van der Waals surface area contributed by atoms with Crippen LogP contribution in [0.5, 0.6) is 0 Å². The molecule has 1 aromatic heterocycles. The minimum absolute atomic E-state index is 0.644. The highest BCUT2D eigenvalue weighted by atomic mass is 32.2. The number of nitriles is 1. The van der Waals surface area contributed by atoms with Gasteiger partial charge in [-0.25, -0.2) is 0 Å². The third kappa shape index (κ3) is 3.53. The molecule has 0 amide bonds. The number of hydrogen-bond acceptors (Lipinski definition) is 4. The van der Waals surface area contributed by atoms with Crippen molar-refractivity contribution in [1.29, 1.82) is 5.26 Å². The first kappa shape index (κ1) is 16.1. The van der Waals surface area contributed by atoms with E-state index in [2.05, 4.69) is 40.6 Å². The average Bonchev–Trinajstić information content (AvgIpc) is 2.69. The van der Waals surface area contributed by atoms with Crippen LogP contribution in [0, 0.1) is 11.3 Å². The molecular formula is C21H19N3S. The van der Waals surface area contributed by atoms with E-state index >= 15 is 0 Å². The van der Waals surface area contributed by atoms with Crippen molar-refractivity contribution in [3.63, 3.8) is 0 Å². The van der Waals surface area contributed by atoms with Crippen molar-refractivity contribution in [2.45, 2.75) is 23.0 Å². The van der Waals surface area contributed by atoms with Gasteiger partial charge in [0, 0.05) is 27.9 Å². The van der Waals surface area contributed by atoms with Crippen LogP contribution in [0.1, 0.15) is 18.4 Å². The number of rotatable bonds is 3. The topological polar surface area (TPSA) is 48.7 Å². The lowest BCUT2D eigenvalue weighted by Crippen LogP contribution is -2.29. The van der Waals surface area contributed by atoms with Crippen LogP contribution in [0.15, 0.2) is 59.8 Å². The second-order valence-corrected chi connectivity index (χ2v) is 7.67. The van der Waals surface area contributed by atoms with E-state index in [1.807, 2.05) is 42.4 Å². The molecule has 2 heterocycles. The summed E-state index contributed by atoms with van der Waals surface area (Å²) >= 11 is 1.97. The molecule has 0 bridgehead atoms. The Morgan fingerprint density at radius 1 is 1.08 bits per heavy atom. The van der Waals surface area contributed by atoms with Gasteiger partial charge in [0.1, 0.15) is 0 Å². The summed E-state index contributed by atoms with van der Waals surface area (Å²) in [5.74, 6) is 0. The quantitative estimate of drug-likeness (QED) is 0.752. The summed E-state index contributed by atoms with van der Waals surface area (Å²) in [6, 6.07) is 16.6. The molecule has 1 aliphatic rings. The van der Waals surface area contributed by atoms with Crippen LogP contribution >= 0.6 is 11.8 Å². The monoisotopic (exact) mass is 345 g/mol. The number of piperidine rings is 1. The molecule has 4 heteroatoms. The molecule has 25 heavy (non-hydrogen) atoms. The molecule has 4 rings (SSSR count). The van der Waals surface area contributed by atoms with Gasteiger partial charge in [-0.05, 0) is 72.8 Å². The van der Waals surface area contributed by atoms with Crippen molar-refractivity contribution >= 4 is 22.5 Å². The minimum Gasteiger partial charge on any atom is -0.317 e. The van der Waals surface area contributed by atoms with Gasteiger partial charge in [-0.2, -0.15) is 5.26 Å². The molecule has 0 atom stereocenters. The molecule has 0 unspecified atom stereocenters. The summed E-state index contributed by atoms with van der Waals surface area (Å²) in [6.07, 6.45) is 6.20. The molecule has 2 aromatic carbocycles. The number of hydrogen-bond donors (Lipinski definition) is 1. The fourth-order valence-electron chi connectivity index (χ4n) is 3.29. The highest BCUT2D eigenvalue weighted by Crippen LogP contribution is 2.37. The van der Waals surface area contributed by atoms with Crippen LogP contribution in [-0.2, 0) is 0 Å². The van der Waals surface area contributed by atoms with Gasteiger partial charge in [-0.15, -0.1) is 11.8 Å². The Labute approximate surface area is 152 Å². The number of benzene rings is 2. The van der Waals surface area contributed by atoms with Crippen molar-refractivity contribution < 1.29 is 0 Å². The van der Waals surface area contributed by atoms with Gasteiger partial charge in [0.2, 0.25) is 0 Å². The van der Waals surface area contributed by atoms with Crippen LogP contribution in [-0.4, -0.2) is 23.3 Å². The van der Waals surface area contributed by atoms with E-state index in [1.54, 1.807) is 0 Å². The van der Waals surface area contributed by atoms with Gasteiger partial charge < -0.3 is 5.32 Å². The van der Waals surface area contributed by atoms with Crippen molar-refractivity contribution in [1.82, 2.24) is 10.3 Å². The van der Waals surface area contributed by atoms with E-state index in [1.165, 1.54) is 28.5 Å². The maximum absolute atomic E-state index is 9.18. The van der Waals surface area contributed by atoms with Crippen LogP contribution in [0.2, 0.25) is 0 Å². The molecular weight excluding hydrogens is 326 g/mol. The zero-order valence-electron chi connectivity index (χ0n) is 13.9. The first-order chi connectivity index (χ1) is 12.3. The van der Waals surface area contributed by atoms with E-state index in [-0.39, 0.29) is 0 Å². The van der Waals surface area contributed by atoms with E-state index in [9.17, 15) is 5.26 Å². The van der Waals surface area contributed by atoms with Gasteiger partial charge in [0.25, 0.3) is 0 Å². The summed E-state index contributed by atoms with van der Waals surface area (Å²) < 4.78 is 0. The molecule has 0 spiro atoms. The summed E-state index contributed by atoms with van der Waals surface area (Å²) in [7, 11) is 0. The SMILES string of the molecule is N#Cc1cccc(-c2cc(SC3CCNCC3)c3cnccc3c2)c1. The van der Waals surface area contributed by atoms with Crippen molar-refractivity contribution in [2.75, 3.05) is 13.1 Å². The van der Waals surface area contributed by atoms with Gasteiger partial charge in [0.05, 0.1) is 11.6 Å². The maximum atomic E-state index is 9.18. The van der Waals surface area contributed by atoms with Gasteiger partial charge >= 0.3 is 0 Å². The molecule has 0 aliphatic carbocycles. The number of pyridine rings is 1. The van der Waals surface area contributed by atoms with E-state index in [4.69, 9.17) is 0 Å². The van der Waals surface area contributed by atoms with Gasteiger partial charge in [-0.1, -0.05) is 12.1 Å². The Hall–Kier alpha value is -2.35. The van der Waals surface area contributed by atoms with Crippen molar-refractivity contribution in [2.24, 2.45) is 0 Å². The third-order valence-electron chi connectivity index (χ3n) is 4.62. The van der Waals surface area contributed by atoms with Crippen LogP contribution in [0.4, 0.5) is 0 Å². The van der Waals surface area contributed by atoms with E-state index in [0.717, 1.165) is 24.2 Å². The molecule has 0 saturated carbocycles. The number of nitrogens with zero attached hydrogens (tertiary/aromatic N) is 2. The zero-order chi connectivity index (χ0) is 17.1. The molecule has 0 radical (unpaired) electrons. The Morgan fingerprint density at radius 2 is 1.96 bits per heavy atom. The Balaban J connectivity index is 1.79. The Kier molecular flexibility index (Phi) is 4.69. The number of fused-ring (bicyclic) bond motifs is 1. The van der Waals surface area contributed by atoms with E-state index < -0.39 is 0 Å². The molecule has 1 fully saturated rings. The molecule has 1 saturated heterocycles. The number of nitrogens with one attached hydrogen (secondary N) is 1. The Bertz CT molecular complexity index is 939. The normalized spacial score (nSPS) is 15.2. The van der Waals surface area contributed by atoms with Gasteiger partial charge in [-0.3, -0.25) is 4.98 Å². The van der Waals surface area contributed by atoms with Crippen LogP contribution in [0.3, 0.4) is 0 Å². The second-order valence-electron chi connectivity index (χ2n) is 6.33. The van der Waals surface area contributed by atoms with Crippen LogP contribution < -0.4 is 5.32 Å². The Morgan fingerprint density at radius 3 is 2.80 bits per heavy atom. The number of thioether (sulfide) groups is 1. The smallest absolute Gasteiger partial charge is 0.0991 e. The minimum atomic E-state index is 0.644. The second kappa shape index (κ2) is 7.26. The standard InChI is InChI=1S/C21H19N3S/c22-13-15-2-1-3-16(10-15)18-11-17-4-7-24-14-20(17)21(12-18)25-19-5-8-23-9-6-19/h1-4,7,10-12,14,19,23H,5-6,8-9H2.